The van der Waals surface area contributed by atoms with E-state index in [2.05, 4.69) is 9.88 Å². The largest absolute Gasteiger partial charge is 0.507 e. The van der Waals surface area contributed by atoms with Crippen molar-refractivity contribution in [2.75, 3.05) is 0 Å². The second kappa shape index (κ2) is 5.54. The van der Waals surface area contributed by atoms with Crippen LogP contribution in [0.2, 0.25) is 0 Å². The standard InChI is InChI=1S/C12H12N2O6S/c1-7-4-10(15)9(12(16)17)5-11(7)21(18,19)14-6-8-2-3-13-20-8/h2-5,14-15H,6H2,1H3,(H,16,17). The normalized spacial score (nSPS) is 11.5. The monoisotopic (exact) mass is 312 g/mol. The highest BCUT2D eigenvalue weighted by molar-refractivity contribution is 7.89. The number of nitrogens with zero attached hydrogens (tertiary/aromatic N) is 1. The number of carbonyl (C=O) groups is 1. The SMILES string of the molecule is Cc1cc(O)c(C(=O)O)cc1S(=O)(=O)NCc1ccno1. The van der Waals surface area contributed by atoms with E-state index in [1.807, 2.05) is 0 Å². The minimum absolute atomic E-state index is 0.120. The third kappa shape index (κ3) is 3.20. The van der Waals surface area contributed by atoms with Gasteiger partial charge in [-0.2, -0.15) is 0 Å². The summed E-state index contributed by atoms with van der Waals surface area (Å²) in [5.74, 6) is -1.60. The molecule has 2 rings (SSSR count). The van der Waals surface area contributed by atoms with E-state index in [9.17, 15) is 18.3 Å². The fourth-order valence-corrected chi connectivity index (χ4v) is 2.95. The third-order valence-electron chi connectivity index (χ3n) is 2.74. The molecule has 0 spiro atoms. The van der Waals surface area contributed by atoms with Gasteiger partial charge in [0.1, 0.15) is 11.3 Å². The van der Waals surface area contributed by atoms with Crippen molar-refractivity contribution < 1.29 is 27.9 Å². The summed E-state index contributed by atoms with van der Waals surface area (Å²) < 4.78 is 31.4. The fraction of sp³-hybridized carbons (Fsp3) is 0.167. The van der Waals surface area contributed by atoms with Crippen molar-refractivity contribution in [3.8, 4) is 5.75 Å². The molecule has 0 saturated carbocycles. The summed E-state index contributed by atoms with van der Waals surface area (Å²) in [5.41, 5.74) is -0.261. The van der Waals surface area contributed by atoms with Crippen molar-refractivity contribution in [1.29, 1.82) is 0 Å². The molecule has 0 fully saturated rings. The van der Waals surface area contributed by atoms with Crippen LogP contribution in [0.15, 0.2) is 33.8 Å². The van der Waals surface area contributed by atoms with Gasteiger partial charge < -0.3 is 14.7 Å². The number of hydrogen-bond acceptors (Lipinski definition) is 6. The minimum Gasteiger partial charge on any atom is -0.507 e. The number of phenols is 1. The summed E-state index contributed by atoms with van der Waals surface area (Å²) in [5, 5.41) is 21.9. The number of nitrogens with one attached hydrogen (secondary N) is 1. The maximum absolute atomic E-state index is 12.2. The van der Waals surface area contributed by atoms with Crippen LogP contribution in [0, 0.1) is 6.92 Å². The second-order valence-electron chi connectivity index (χ2n) is 4.24. The van der Waals surface area contributed by atoms with Gasteiger partial charge in [0.15, 0.2) is 5.76 Å². The number of aromatic carboxylic acids is 1. The van der Waals surface area contributed by atoms with Crippen LogP contribution >= 0.6 is 0 Å². The Labute approximate surface area is 120 Å². The molecule has 1 aromatic carbocycles. The Morgan fingerprint density at radius 1 is 1.43 bits per heavy atom. The van der Waals surface area contributed by atoms with E-state index in [1.54, 1.807) is 0 Å². The first-order valence-electron chi connectivity index (χ1n) is 5.77. The molecule has 112 valence electrons. The van der Waals surface area contributed by atoms with Crippen LogP contribution in [-0.2, 0) is 16.6 Å². The molecule has 0 saturated heterocycles. The van der Waals surface area contributed by atoms with Crippen LogP contribution < -0.4 is 4.72 Å². The molecule has 2 aromatic rings. The average molecular weight is 312 g/mol. The molecule has 1 heterocycles. The molecule has 8 nitrogen and oxygen atoms in total. The molecular weight excluding hydrogens is 300 g/mol. The minimum atomic E-state index is -3.95. The van der Waals surface area contributed by atoms with Gasteiger partial charge in [-0.3, -0.25) is 0 Å². The van der Waals surface area contributed by atoms with Gasteiger partial charge in [-0.25, -0.2) is 17.9 Å². The van der Waals surface area contributed by atoms with E-state index in [0.29, 0.717) is 5.76 Å². The first-order chi connectivity index (χ1) is 9.81. The van der Waals surface area contributed by atoms with Gasteiger partial charge in [0, 0.05) is 6.07 Å². The molecule has 3 N–H and O–H groups in total. The predicted octanol–water partition coefficient (Wildman–Crippen LogP) is 0.865. The molecule has 21 heavy (non-hydrogen) atoms. The molecule has 0 aliphatic rings. The molecule has 0 aliphatic heterocycles. The molecule has 9 heteroatoms. The van der Waals surface area contributed by atoms with E-state index in [4.69, 9.17) is 9.63 Å². The molecule has 0 atom stereocenters. The quantitative estimate of drug-likeness (QED) is 0.746. The van der Waals surface area contributed by atoms with Gasteiger partial charge in [-0.1, -0.05) is 5.16 Å². The summed E-state index contributed by atoms with van der Waals surface area (Å²) >= 11 is 0. The fourth-order valence-electron chi connectivity index (χ4n) is 1.71. The Kier molecular flexibility index (Phi) is 3.96. The molecule has 1 aromatic heterocycles. The topological polar surface area (TPSA) is 130 Å². The van der Waals surface area contributed by atoms with Crippen LogP contribution in [-0.4, -0.2) is 29.8 Å². The number of carboxylic acids is 1. The second-order valence-corrected chi connectivity index (χ2v) is 5.98. The molecule has 0 bridgehead atoms. The van der Waals surface area contributed by atoms with Crippen LogP contribution in [0.25, 0.3) is 0 Å². The van der Waals surface area contributed by atoms with Gasteiger partial charge in [0.05, 0.1) is 17.6 Å². The Bertz CT molecular complexity index is 767. The lowest BCUT2D eigenvalue weighted by molar-refractivity contribution is 0.0693. The lowest BCUT2D eigenvalue weighted by Gasteiger charge is -2.10. The Morgan fingerprint density at radius 3 is 2.71 bits per heavy atom. The van der Waals surface area contributed by atoms with Crippen molar-refractivity contribution in [1.82, 2.24) is 9.88 Å². The van der Waals surface area contributed by atoms with Gasteiger partial charge >= 0.3 is 5.97 Å². The summed E-state index contributed by atoms with van der Waals surface area (Å²) in [6.07, 6.45) is 1.37. The lowest BCUT2D eigenvalue weighted by atomic mass is 10.1. The van der Waals surface area contributed by atoms with E-state index >= 15 is 0 Å². The summed E-state index contributed by atoms with van der Waals surface area (Å²) in [4.78, 5) is 10.7. The Balaban J connectivity index is 2.35. The molecule has 0 radical (unpaired) electrons. The molecular formula is C12H12N2O6S. The predicted molar refractivity (Wildman–Crippen MR) is 70.3 cm³/mol. The number of aryl methyl sites for hydroxylation is 1. The van der Waals surface area contributed by atoms with Crippen molar-refractivity contribution in [2.24, 2.45) is 0 Å². The first-order valence-corrected chi connectivity index (χ1v) is 7.25. The van der Waals surface area contributed by atoms with Crippen LogP contribution in [0.5, 0.6) is 5.75 Å². The number of sulfonamides is 1. The van der Waals surface area contributed by atoms with E-state index < -0.39 is 27.3 Å². The zero-order valence-electron chi connectivity index (χ0n) is 10.9. The molecule has 0 amide bonds. The first kappa shape index (κ1) is 15.0. The number of aromatic nitrogens is 1. The Hall–Kier alpha value is -2.39. The van der Waals surface area contributed by atoms with Crippen molar-refractivity contribution in [2.45, 2.75) is 18.4 Å². The molecule has 0 aliphatic carbocycles. The summed E-state index contributed by atoms with van der Waals surface area (Å²) in [6, 6.07) is 3.50. The smallest absolute Gasteiger partial charge is 0.339 e. The Morgan fingerprint density at radius 2 is 2.14 bits per heavy atom. The van der Waals surface area contributed by atoms with E-state index in [0.717, 1.165) is 12.1 Å². The van der Waals surface area contributed by atoms with Crippen LogP contribution in [0.1, 0.15) is 21.7 Å². The highest BCUT2D eigenvalue weighted by Gasteiger charge is 2.22. The van der Waals surface area contributed by atoms with Gasteiger partial charge in [-0.05, 0) is 24.6 Å². The van der Waals surface area contributed by atoms with E-state index in [-0.39, 0.29) is 17.0 Å². The van der Waals surface area contributed by atoms with Crippen LogP contribution in [0.3, 0.4) is 0 Å². The average Bonchev–Trinajstić information content (AvgIpc) is 2.88. The number of rotatable bonds is 5. The number of aromatic hydroxyl groups is 1. The summed E-state index contributed by atoms with van der Waals surface area (Å²) in [7, 11) is -3.95. The number of carboxylic acid groups (broad SMARTS) is 1. The third-order valence-corrected chi connectivity index (χ3v) is 4.28. The number of benzene rings is 1. The highest BCUT2D eigenvalue weighted by Crippen LogP contribution is 2.25. The van der Waals surface area contributed by atoms with Crippen molar-refractivity contribution >= 4 is 16.0 Å². The van der Waals surface area contributed by atoms with Gasteiger partial charge in [-0.15, -0.1) is 0 Å². The van der Waals surface area contributed by atoms with Gasteiger partial charge in [0.2, 0.25) is 10.0 Å². The van der Waals surface area contributed by atoms with Crippen molar-refractivity contribution in [3.63, 3.8) is 0 Å². The zero-order chi connectivity index (χ0) is 15.6. The zero-order valence-corrected chi connectivity index (χ0v) is 11.7. The molecule has 0 unspecified atom stereocenters. The van der Waals surface area contributed by atoms with E-state index in [1.165, 1.54) is 19.2 Å². The lowest BCUT2D eigenvalue weighted by Crippen LogP contribution is -2.24. The highest BCUT2D eigenvalue weighted by atomic mass is 32.2. The van der Waals surface area contributed by atoms with Crippen molar-refractivity contribution in [3.05, 3.63) is 41.3 Å². The van der Waals surface area contributed by atoms with Crippen LogP contribution in [0.4, 0.5) is 0 Å². The van der Waals surface area contributed by atoms with Gasteiger partial charge in [0.25, 0.3) is 0 Å². The maximum Gasteiger partial charge on any atom is 0.339 e. The summed E-state index contributed by atoms with van der Waals surface area (Å²) in [6.45, 7) is 1.33. The number of hydrogen-bond donors (Lipinski definition) is 3. The maximum atomic E-state index is 12.2.